The molecule has 1 amide bonds. The van der Waals surface area contributed by atoms with E-state index in [0.29, 0.717) is 19.5 Å². The number of aliphatic hydroxyl groups excluding tert-OH is 1. The zero-order valence-corrected chi connectivity index (χ0v) is 13.3. The number of likely N-dealkylation sites (N-methyl/N-ethyl adjacent to an activating group) is 1. The molecule has 5 heteroatoms. The molecule has 0 spiro atoms. The highest BCUT2D eigenvalue weighted by Crippen LogP contribution is 2.11. The first-order valence-electron chi connectivity index (χ1n) is 7.83. The Balaban J connectivity index is 2.23. The molecule has 1 aliphatic heterocycles. The molecule has 0 aromatic heterocycles. The molecule has 0 saturated carbocycles. The molecule has 0 bridgehead atoms. The SMILES string of the molecule is CC(CC(=O)N1CCCCCC1)NCC(O)CN(C)C. The van der Waals surface area contributed by atoms with Gasteiger partial charge in [-0.25, -0.2) is 0 Å². The van der Waals surface area contributed by atoms with Gasteiger partial charge in [-0.15, -0.1) is 0 Å². The Hall–Kier alpha value is -0.650. The Bertz CT molecular complexity index is 276. The highest BCUT2D eigenvalue weighted by molar-refractivity contribution is 5.76. The lowest BCUT2D eigenvalue weighted by Crippen LogP contribution is -2.42. The maximum atomic E-state index is 12.2. The zero-order valence-electron chi connectivity index (χ0n) is 13.3. The van der Waals surface area contributed by atoms with Crippen LogP contribution in [0.2, 0.25) is 0 Å². The van der Waals surface area contributed by atoms with Crippen LogP contribution in [-0.2, 0) is 4.79 Å². The molecular formula is C15H31N3O2. The lowest BCUT2D eigenvalue weighted by atomic mass is 10.2. The summed E-state index contributed by atoms with van der Waals surface area (Å²) in [4.78, 5) is 16.2. The van der Waals surface area contributed by atoms with Gasteiger partial charge in [0.1, 0.15) is 0 Å². The minimum absolute atomic E-state index is 0.113. The van der Waals surface area contributed by atoms with Crippen LogP contribution in [0.4, 0.5) is 0 Å². The molecule has 2 N–H and O–H groups in total. The molecule has 1 fully saturated rings. The normalized spacial score (nSPS) is 19.8. The quantitative estimate of drug-likeness (QED) is 0.722. The summed E-state index contributed by atoms with van der Waals surface area (Å²) in [6.45, 7) is 5.01. The van der Waals surface area contributed by atoms with Gasteiger partial charge < -0.3 is 20.2 Å². The van der Waals surface area contributed by atoms with E-state index < -0.39 is 0 Å². The van der Waals surface area contributed by atoms with Crippen LogP contribution in [0.1, 0.15) is 39.0 Å². The molecule has 2 unspecified atom stereocenters. The van der Waals surface area contributed by atoms with Gasteiger partial charge in [-0.2, -0.15) is 0 Å². The Labute approximate surface area is 123 Å². The molecule has 0 aromatic rings. The first-order chi connectivity index (χ1) is 9.49. The van der Waals surface area contributed by atoms with E-state index in [9.17, 15) is 9.90 Å². The van der Waals surface area contributed by atoms with Crippen molar-refractivity contribution in [3.63, 3.8) is 0 Å². The zero-order chi connectivity index (χ0) is 15.0. The predicted octanol–water partition coefficient (Wildman–Crippen LogP) is 0.680. The van der Waals surface area contributed by atoms with Crippen LogP contribution < -0.4 is 5.32 Å². The molecule has 118 valence electrons. The van der Waals surface area contributed by atoms with Crippen LogP contribution in [0.5, 0.6) is 0 Å². The van der Waals surface area contributed by atoms with Gasteiger partial charge in [0.25, 0.3) is 0 Å². The van der Waals surface area contributed by atoms with Gasteiger partial charge in [0.15, 0.2) is 0 Å². The van der Waals surface area contributed by atoms with Crippen molar-refractivity contribution in [1.82, 2.24) is 15.1 Å². The van der Waals surface area contributed by atoms with Crippen molar-refractivity contribution in [1.29, 1.82) is 0 Å². The summed E-state index contributed by atoms with van der Waals surface area (Å²) < 4.78 is 0. The first-order valence-corrected chi connectivity index (χ1v) is 7.83. The van der Waals surface area contributed by atoms with E-state index in [-0.39, 0.29) is 18.1 Å². The van der Waals surface area contributed by atoms with Crippen LogP contribution >= 0.6 is 0 Å². The maximum absolute atomic E-state index is 12.2. The maximum Gasteiger partial charge on any atom is 0.224 e. The van der Waals surface area contributed by atoms with Crippen molar-refractivity contribution < 1.29 is 9.90 Å². The number of hydrogen-bond acceptors (Lipinski definition) is 4. The molecule has 1 saturated heterocycles. The fourth-order valence-corrected chi connectivity index (χ4v) is 2.61. The summed E-state index contributed by atoms with van der Waals surface area (Å²) in [5, 5.41) is 13.0. The number of aliphatic hydroxyl groups is 1. The van der Waals surface area contributed by atoms with Gasteiger partial charge in [-0.1, -0.05) is 12.8 Å². The van der Waals surface area contributed by atoms with Crippen molar-refractivity contribution in [3.05, 3.63) is 0 Å². The summed E-state index contributed by atoms with van der Waals surface area (Å²) in [5.74, 6) is 0.244. The fourth-order valence-electron chi connectivity index (χ4n) is 2.61. The average Bonchev–Trinajstić information content (AvgIpc) is 2.64. The largest absolute Gasteiger partial charge is 0.390 e. The van der Waals surface area contributed by atoms with E-state index in [0.717, 1.165) is 25.9 Å². The second-order valence-electron chi connectivity index (χ2n) is 6.22. The third-order valence-electron chi connectivity index (χ3n) is 3.72. The van der Waals surface area contributed by atoms with Crippen molar-refractivity contribution in [2.24, 2.45) is 0 Å². The van der Waals surface area contributed by atoms with Gasteiger partial charge >= 0.3 is 0 Å². The number of carbonyl (C=O) groups excluding carboxylic acids is 1. The van der Waals surface area contributed by atoms with Crippen molar-refractivity contribution in [3.8, 4) is 0 Å². The summed E-state index contributed by atoms with van der Waals surface area (Å²) in [7, 11) is 3.88. The highest BCUT2D eigenvalue weighted by atomic mass is 16.3. The van der Waals surface area contributed by atoms with E-state index in [1.807, 2.05) is 30.8 Å². The summed E-state index contributed by atoms with van der Waals surface area (Å²) in [6, 6.07) is 0.113. The Morgan fingerprint density at radius 3 is 2.40 bits per heavy atom. The van der Waals surface area contributed by atoms with Crippen LogP contribution in [0.15, 0.2) is 0 Å². The van der Waals surface area contributed by atoms with Gasteiger partial charge in [0.05, 0.1) is 6.10 Å². The number of carbonyl (C=O) groups is 1. The predicted molar refractivity (Wildman–Crippen MR) is 81.7 cm³/mol. The molecule has 20 heavy (non-hydrogen) atoms. The van der Waals surface area contributed by atoms with Crippen LogP contribution in [0.25, 0.3) is 0 Å². The third-order valence-corrected chi connectivity index (χ3v) is 3.72. The highest BCUT2D eigenvalue weighted by Gasteiger charge is 2.18. The Kier molecular flexibility index (Phi) is 8.11. The summed E-state index contributed by atoms with van der Waals surface area (Å²) in [5.41, 5.74) is 0. The lowest BCUT2D eigenvalue weighted by Gasteiger charge is -2.24. The van der Waals surface area contributed by atoms with Gasteiger partial charge in [0.2, 0.25) is 5.91 Å². The van der Waals surface area contributed by atoms with Crippen molar-refractivity contribution >= 4 is 5.91 Å². The molecule has 0 radical (unpaired) electrons. The standard InChI is InChI=1S/C15H31N3O2/c1-13(16-11-14(19)12-17(2)3)10-15(20)18-8-6-4-5-7-9-18/h13-14,16,19H,4-12H2,1-3H3. The van der Waals surface area contributed by atoms with E-state index in [1.165, 1.54) is 12.8 Å². The topological polar surface area (TPSA) is 55.8 Å². The second-order valence-corrected chi connectivity index (χ2v) is 6.22. The van der Waals surface area contributed by atoms with E-state index in [1.54, 1.807) is 0 Å². The molecule has 1 heterocycles. The summed E-state index contributed by atoms with van der Waals surface area (Å²) >= 11 is 0. The Morgan fingerprint density at radius 2 is 1.85 bits per heavy atom. The van der Waals surface area contributed by atoms with Crippen LogP contribution in [-0.4, -0.2) is 73.2 Å². The number of nitrogens with zero attached hydrogens (tertiary/aromatic N) is 2. The number of rotatable bonds is 7. The Morgan fingerprint density at radius 1 is 1.25 bits per heavy atom. The molecule has 1 aliphatic rings. The van der Waals surface area contributed by atoms with Crippen LogP contribution in [0.3, 0.4) is 0 Å². The lowest BCUT2D eigenvalue weighted by molar-refractivity contribution is -0.131. The average molecular weight is 285 g/mol. The minimum atomic E-state index is -0.388. The number of amides is 1. The second kappa shape index (κ2) is 9.32. The number of hydrogen-bond donors (Lipinski definition) is 2. The van der Waals surface area contributed by atoms with Gasteiger partial charge in [-0.05, 0) is 33.9 Å². The van der Waals surface area contributed by atoms with Crippen molar-refractivity contribution in [2.45, 2.75) is 51.2 Å². The van der Waals surface area contributed by atoms with E-state index in [4.69, 9.17) is 0 Å². The number of nitrogens with one attached hydrogen (secondary N) is 1. The molecule has 5 nitrogen and oxygen atoms in total. The smallest absolute Gasteiger partial charge is 0.224 e. The molecular weight excluding hydrogens is 254 g/mol. The van der Waals surface area contributed by atoms with Crippen LogP contribution in [0, 0.1) is 0 Å². The molecule has 0 aromatic carbocycles. The first kappa shape index (κ1) is 17.4. The van der Waals surface area contributed by atoms with E-state index >= 15 is 0 Å². The molecule has 1 rings (SSSR count). The van der Waals surface area contributed by atoms with Gasteiger partial charge in [0, 0.05) is 38.6 Å². The third kappa shape index (κ3) is 7.22. The van der Waals surface area contributed by atoms with E-state index in [2.05, 4.69) is 5.32 Å². The van der Waals surface area contributed by atoms with Crippen molar-refractivity contribution in [2.75, 3.05) is 40.3 Å². The van der Waals surface area contributed by atoms with Gasteiger partial charge in [-0.3, -0.25) is 4.79 Å². The monoisotopic (exact) mass is 285 g/mol. The minimum Gasteiger partial charge on any atom is -0.390 e. The fraction of sp³-hybridized carbons (Fsp3) is 0.933. The molecule has 0 aliphatic carbocycles. The molecule has 2 atom stereocenters. The number of likely N-dealkylation sites (tertiary alicyclic amines) is 1. The summed E-state index contributed by atoms with van der Waals surface area (Å²) in [6.07, 6.45) is 4.89.